The minimum absolute atomic E-state index is 0.0184. The molecule has 9 fully saturated rings. The van der Waals surface area contributed by atoms with Crippen LogP contribution in [0.5, 0.6) is 23.0 Å². The minimum Gasteiger partial charge on any atom is -0.491 e. The molecule has 15 rings (SSSR count). The molecule has 6 saturated carbocycles. The van der Waals surface area contributed by atoms with Crippen molar-refractivity contribution >= 4 is 115 Å². The monoisotopic (exact) mass is 1800 g/mol. The fourth-order valence-electron chi connectivity index (χ4n) is 19.9. The van der Waals surface area contributed by atoms with Crippen LogP contribution in [-0.2, 0) is 79.6 Å². The average molecular weight is 1800 g/mol. The number of likely N-dealkylation sites (tertiary alicyclic amines) is 2. The first-order valence-electron chi connectivity index (χ1n) is 45.3. The summed E-state index contributed by atoms with van der Waals surface area (Å²) >= 11 is 17.4. The van der Waals surface area contributed by atoms with E-state index < -0.39 is 81.7 Å². The number of amides is 2. The molecule has 29 heteroatoms. The van der Waals surface area contributed by atoms with Crippen molar-refractivity contribution in [2.24, 2.45) is 80.8 Å². The lowest BCUT2D eigenvalue weighted by Crippen LogP contribution is -2.48. The molecular formula is C96H127Cl2N7O18S2. The second kappa shape index (κ2) is 38.9. The van der Waals surface area contributed by atoms with Gasteiger partial charge in [-0.05, 0) is 141 Å². The lowest BCUT2D eigenvalue weighted by Gasteiger charge is -2.35. The summed E-state index contributed by atoms with van der Waals surface area (Å²) in [6, 6.07) is 9.24. The van der Waals surface area contributed by atoms with Crippen LogP contribution in [-0.4, -0.2) is 205 Å². The molecule has 3 aliphatic heterocycles. The van der Waals surface area contributed by atoms with Crippen molar-refractivity contribution in [1.82, 2.24) is 34.6 Å². The molecule has 25 nitrogen and oxygen atoms in total. The highest BCUT2D eigenvalue weighted by molar-refractivity contribution is 7.10. The van der Waals surface area contributed by atoms with E-state index in [4.69, 9.17) is 90.5 Å². The summed E-state index contributed by atoms with van der Waals surface area (Å²) in [4.78, 5) is 138. The van der Waals surface area contributed by atoms with Gasteiger partial charge in [-0.15, -0.1) is 22.7 Å². The number of fused-ring (bicyclic) bond motifs is 4. The maximum Gasteiger partial charge on any atom is 0.312 e. The summed E-state index contributed by atoms with van der Waals surface area (Å²) in [6.45, 7) is 30.9. The maximum atomic E-state index is 15.0. The molecule has 0 spiro atoms. The summed E-state index contributed by atoms with van der Waals surface area (Å²) in [5.41, 5.74) is 0.347. The fraction of sp³-hybridized carbons (Fsp3) is 0.667. The van der Waals surface area contributed by atoms with Crippen molar-refractivity contribution in [2.45, 2.75) is 248 Å². The molecule has 6 aliphatic carbocycles. The number of carbonyl (C=O) groups is 8. The van der Waals surface area contributed by atoms with Crippen LogP contribution in [0.2, 0.25) is 10.0 Å². The Morgan fingerprint density at radius 3 is 1.33 bits per heavy atom. The molecule has 680 valence electrons. The zero-order chi connectivity index (χ0) is 89.5. The van der Waals surface area contributed by atoms with Gasteiger partial charge in [-0.3, -0.25) is 43.3 Å². The van der Waals surface area contributed by atoms with Crippen molar-refractivity contribution in [1.29, 1.82) is 0 Å². The SMILES string of the molecule is CC[C@@H]1C[C@]1(CC(=O)[C@@H]1C[C@@H](Oc2cc(-c3csc(CC(C)C)n3)nc3c(Cl)c(OCC(C)OC)ccc23)CN1C(=O)C(CC(=O)OC1C[C@@H]2C[C@@H]2C1)C(C)(C)C)C(=O)OC.CC[C@@H]1C[C@]1(CC(=O)[C@@H]1C[C@@H](Oc2cc(-c3csc(CC(C)C)n3)nc3c(Cl)c(OCCN4CCOCC4)ccc23)CN1C(=O)C(CC(=O)OC1C[C@@H]2C[C@@H]2C1)C(C)(C)C)C(=O)OC. The van der Waals surface area contributed by atoms with Crippen molar-refractivity contribution < 1.29 is 85.7 Å². The van der Waals surface area contributed by atoms with Gasteiger partial charge in [0.1, 0.15) is 70.7 Å². The first-order valence-corrected chi connectivity index (χ1v) is 47.8. The largest absolute Gasteiger partial charge is 0.491 e. The average Bonchev–Trinajstić information content (AvgIpc) is 1.57. The number of ether oxygens (including phenoxy) is 10. The molecule has 6 aromatic rings. The molecular weight excluding hydrogens is 1670 g/mol. The number of thiazole rings is 2. The van der Waals surface area contributed by atoms with Crippen LogP contribution in [0.4, 0.5) is 0 Å². The predicted molar refractivity (Wildman–Crippen MR) is 478 cm³/mol. The van der Waals surface area contributed by atoms with E-state index >= 15 is 0 Å². The van der Waals surface area contributed by atoms with Gasteiger partial charge in [0, 0.05) is 98.9 Å². The number of halogens is 2. The molecule has 2 aromatic carbocycles. The second-order valence-electron chi connectivity index (χ2n) is 39.8. The van der Waals surface area contributed by atoms with Gasteiger partial charge in [0.25, 0.3) is 0 Å². The summed E-state index contributed by atoms with van der Waals surface area (Å²) in [7, 11) is 4.32. The molecule has 4 aromatic heterocycles. The first kappa shape index (κ1) is 93.5. The second-order valence-corrected chi connectivity index (χ2v) is 42.4. The zero-order valence-corrected chi connectivity index (χ0v) is 78.7. The summed E-state index contributed by atoms with van der Waals surface area (Å²) in [6.07, 6.45) is 8.63. The van der Waals surface area contributed by atoms with Crippen LogP contribution in [0.15, 0.2) is 47.2 Å². The maximum absolute atomic E-state index is 15.0. The van der Waals surface area contributed by atoms with E-state index in [1.165, 1.54) is 27.1 Å². The zero-order valence-electron chi connectivity index (χ0n) is 75.6. The molecule has 125 heavy (non-hydrogen) atoms. The third kappa shape index (κ3) is 21.6. The van der Waals surface area contributed by atoms with Crippen LogP contribution in [0.1, 0.15) is 203 Å². The van der Waals surface area contributed by atoms with Crippen molar-refractivity contribution in [3.8, 4) is 45.8 Å². The number of pyridine rings is 2. The predicted octanol–water partition coefficient (Wildman–Crippen LogP) is 17.1. The van der Waals surface area contributed by atoms with Gasteiger partial charge in [0.15, 0.2) is 11.6 Å². The Bertz CT molecular complexity index is 4940. The highest BCUT2D eigenvalue weighted by Gasteiger charge is 2.64. The Morgan fingerprint density at radius 1 is 0.536 bits per heavy atom. The number of hydrogen-bond donors (Lipinski definition) is 0. The summed E-state index contributed by atoms with van der Waals surface area (Å²) < 4.78 is 59.3. The molecule has 7 heterocycles. The van der Waals surface area contributed by atoms with Crippen LogP contribution in [0.3, 0.4) is 0 Å². The Morgan fingerprint density at radius 2 is 0.952 bits per heavy atom. The highest BCUT2D eigenvalue weighted by atomic mass is 35.5. The minimum atomic E-state index is -0.917. The van der Waals surface area contributed by atoms with Crippen molar-refractivity contribution in [3.05, 3.63) is 67.2 Å². The van der Waals surface area contributed by atoms with Gasteiger partial charge in [0.2, 0.25) is 11.8 Å². The third-order valence-corrected chi connectivity index (χ3v) is 30.1. The quantitative estimate of drug-likeness (QED) is 0.0261. The molecule has 9 aliphatic rings. The number of morpholine rings is 1. The number of methoxy groups -OCH3 is 3. The van der Waals surface area contributed by atoms with Crippen LogP contribution >= 0.6 is 45.9 Å². The topological polar surface area (TPSA) is 290 Å². The van der Waals surface area contributed by atoms with E-state index in [2.05, 4.69) is 32.6 Å². The normalized spacial score (nSPS) is 26.8. The van der Waals surface area contributed by atoms with E-state index in [0.29, 0.717) is 146 Å². The van der Waals surface area contributed by atoms with Gasteiger partial charge in [0.05, 0.1) is 138 Å². The van der Waals surface area contributed by atoms with Gasteiger partial charge in [-0.2, -0.15) is 0 Å². The van der Waals surface area contributed by atoms with Gasteiger partial charge >= 0.3 is 23.9 Å². The van der Waals surface area contributed by atoms with Gasteiger partial charge in [-0.1, -0.05) is 119 Å². The number of hydrogen-bond acceptors (Lipinski definition) is 25. The van der Waals surface area contributed by atoms with Crippen LogP contribution in [0, 0.1) is 80.8 Å². The molecule has 0 bridgehead atoms. The van der Waals surface area contributed by atoms with E-state index in [-0.39, 0.29) is 112 Å². The van der Waals surface area contributed by atoms with E-state index in [1.54, 1.807) is 45.6 Å². The standard InChI is InChI=1S/C49H65ClN4O9S.C47H62ClN3O9S/c1-8-31-24-49(31,47(58)59-7)25-39(55)38-21-33(26-54(38)46(57)35(48(4,5)6)22-43(56)63-32-19-29-18-30(29)20-32)62-41-23-36(37-27-64-42(51-37)17-28(2)3)52-45-34(41)9-10-40(44(45)50)61-16-13-53-11-14-60-15-12-53;1-10-29-20-47(29,45(55)57-9)21-37(52)36-17-31(22-51(36)44(54)33(46(5,6)7)18-41(53)60-30-15-27-14-28(27)16-30)59-39-19-34(35-24-61-40(49-35)13-25(2)3)50-43-32(39)11-12-38(42(43)48)58-23-26(4)56-8/h9-10,23,27-33,35,38H,8,11-22,24-26H2,1-7H3;11-12,19,24-31,33,36H,10,13-18,20-23H2,1-9H3/t29-,30+,31-,32?,33-,35?,38+,49-;26?,27-,28+,29-,30?,31-,33?,36+,47-/m11/s1. The Balaban J connectivity index is 0.000000203. The smallest absolute Gasteiger partial charge is 0.312 e. The fourth-order valence-corrected chi connectivity index (χ4v) is 22.4. The number of carbonyl (C=O) groups excluding carboxylic acids is 8. The molecule has 3 saturated heterocycles. The number of esters is 4. The molecule has 5 unspecified atom stereocenters. The van der Waals surface area contributed by atoms with Crippen molar-refractivity contribution in [2.75, 3.05) is 80.5 Å². The lowest BCUT2D eigenvalue weighted by molar-refractivity contribution is -0.157. The summed E-state index contributed by atoms with van der Waals surface area (Å²) in [5.74, 6) is 1.19. The number of Topliss-reactive ketones (excluding diaryl/α,β-unsaturated/α-hetero) is 2. The Kier molecular flexibility index (Phi) is 29.1. The molecule has 0 N–H and O–H groups in total. The van der Waals surface area contributed by atoms with E-state index in [0.717, 1.165) is 81.0 Å². The summed E-state index contributed by atoms with van der Waals surface area (Å²) in [5, 5.41) is 7.86. The molecule has 0 radical (unpaired) electrons. The molecule has 2 amide bonds. The number of rotatable bonds is 36. The van der Waals surface area contributed by atoms with Crippen molar-refractivity contribution in [3.63, 3.8) is 0 Å². The van der Waals surface area contributed by atoms with E-state index in [9.17, 15) is 38.4 Å². The van der Waals surface area contributed by atoms with Gasteiger partial charge in [-0.25, -0.2) is 19.9 Å². The number of nitrogens with zero attached hydrogens (tertiary/aromatic N) is 7. The Labute approximate surface area is 753 Å². The lowest BCUT2D eigenvalue weighted by atomic mass is 9.77. The number of ketones is 2. The Hall–Kier alpha value is -7.66. The number of aromatic nitrogens is 4. The number of benzene rings is 2. The van der Waals surface area contributed by atoms with Gasteiger partial charge < -0.3 is 57.2 Å². The highest BCUT2D eigenvalue weighted by Crippen LogP contribution is 2.61. The molecule has 17 atom stereocenters. The van der Waals surface area contributed by atoms with Crippen LogP contribution < -0.4 is 18.9 Å². The third-order valence-electron chi connectivity index (χ3n) is 27.6. The first-order chi connectivity index (χ1) is 59.5. The van der Waals surface area contributed by atoms with Crippen LogP contribution in [0.25, 0.3) is 44.6 Å². The van der Waals surface area contributed by atoms with E-state index in [1.807, 2.05) is 103 Å².